The van der Waals surface area contributed by atoms with Gasteiger partial charge in [-0.25, -0.2) is 0 Å². The van der Waals surface area contributed by atoms with Crippen molar-refractivity contribution >= 4 is 5.78 Å². The average molecular weight is 124 g/mol. The maximum Gasteiger partial charge on any atom is 0.180 e. The first kappa shape index (κ1) is 6.09. The largest absolute Gasteiger partial charge is 0.300 e. The summed E-state index contributed by atoms with van der Waals surface area (Å²) in [6.07, 6.45) is 2.49. The van der Waals surface area contributed by atoms with Crippen molar-refractivity contribution in [1.29, 1.82) is 5.26 Å². The molecule has 1 aliphatic rings. The van der Waals surface area contributed by atoms with E-state index in [2.05, 4.69) is 0 Å². The molecule has 3 heteroatoms. The fourth-order valence-electron chi connectivity index (χ4n) is 0.984. The van der Waals surface area contributed by atoms with Gasteiger partial charge in [-0.05, 0) is 6.92 Å². The third kappa shape index (κ3) is 1.02. The molecule has 1 atom stereocenters. The van der Waals surface area contributed by atoms with Crippen molar-refractivity contribution in [3.63, 3.8) is 0 Å². The SMILES string of the molecule is CC1CC(=O)CN1C#N. The van der Waals surface area contributed by atoms with E-state index in [0.29, 0.717) is 13.0 Å². The van der Waals surface area contributed by atoms with Crippen molar-refractivity contribution in [3.05, 3.63) is 0 Å². The molecule has 3 nitrogen and oxygen atoms in total. The molecule has 1 aliphatic heterocycles. The first-order valence-corrected chi connectivity index (χ1v) is 2.92. The van der Waals surface area contributed by atoms with Gasteiger partial charge >= 0.3 is 0 Å². The fraction of sp³-hybridized carbons (Fsp3) is 0.667. The van der Waals surface area contributed by atoms with Crippen molar-refractivity contribution in [2.24, 2.45) is 0 Å². The van der Waals surface area contributed by atoms with E-state index in [9.17, 15) is 4.79 Å². The lowest BCUT2D eigenvalue weighted by Gasteiger charge is -2.09. The van der Waals surface area contributed by atoms with Gasteiger partial charge in [-0.1, -0.05) is 0 Å². The molecule has 0 N–H and O–H groups in total. The molecule has 0 aromatic heterocycles. The minimum atomic E-state index is 0.127. The van der Waals surface area contributed by atoms with E-state index in [1.807, 2.05) is 13.1 Å². The van der Waals surface area contributed by atoms with Gasteiger partial charge in [-0.3, -0.25) is 4.79 Å². The Hall–Kier alpha value is -1.04. The molecular weight excluding hydrogens is 116 g/mol. The van der Waals surface area contributed by atoms with Crippen LogP contribution >= 0.6 is 0 Å². The first-order valence-electron chi connectivity index (χ1n) is 2.92. The van der Waals surface area contributed by atoms with Crippen LogP contribution in [0.25, 0.3) is 0 Å². The second kappa shape index (κ2) is 2.06. The molecule has 0 bridgehead atoms. The van der Waals surface area contributed by atoms with Crippen molar-refractivity contribution < 1.29 is 4.79 Å². The maximum absolute atomic E-state index is 10.6. The Labute approximate surface area is 53.9 Å². The third-order valence-electron chi connectivity index (χ3n) is 1.53. The standard InChI is InChI=1S/C6H8N2O/c1-5-2-6(9)3-8(5)4-7/h5H,2-3H2,1H3. The van der Waals surface area contributed by atoms with E-state index >= 15 is 0 Å². The average Bonchev–Trinajstić information content (AvgIpc) is 2.10. The van der Waals surface area contributed by atoms with Crippen LogP contribution in [0, 0.1) is 11.5 Å². The Morgan fingerprint density at radius 3 is 2.78 bits per heavy atom. The van der Waals surface area contributed by atoms with Crippen molar-refractivity contribution in [2.45, 2.75) is 19.4 Å². The summed E-state index contributed by atoms with van der Waals surface area (Å²) >= 11 is 0. The quantitative estimate of drug-likeness (QED) is 0.431. The highest BCUT2D eigenvalue weighted by molar-refractivity contribution is 5.83. The number of hydrogen-bond donors (Lipinski definition) is 0. The zero-order chi connectivity index (χ0) is 6.85. The van der Waals surface area contributed by atoms with Crippen LogP contribution in [-0.2, 0) is 4.79 Å². The molecule has 0 amide bonds. The summed E-state index contributed by atoms with van der Waals surface area (Å²) in [5.41, 5.74) is 0. The lowest BCUT2D eigenvalue weighted by atomic mass is 10.2. The number of likely N-dealkylation sites (tertiary alicyclic amines) is 1. The Bertz CT molecular complexity index is 170. The van der Waals surface area contributed by atoms with Crippen LogP contribution in [0.3, 0.4) is 0 Å². The Morgan fingerprint density at radius 1 is 1.89 bits per heavy atom. The van der Waals surface area contributed by atoms with Crippen LogP contribution < -0.4 is 0 Å². The normalized spacial score (nSPS) is 26.4. The van der Waals surface area contributed by atoms with Gasteiger partial charge in [-0.2, -0.15) is 5.26 Å². The first-order chi connectivity index (χ1) is 4.24. The summed E-state index contributed by atoms with van der Waals surface area (Å²) in [4.78, 5) is 12.1. The summed E-state index contributed by atoms with van der Waals surface area (Å²) in [6, 6.07) is 0.127. The summed E-state index contributed by atoms with van der Waals surface area (Å²) in [6.45, 7) is 2.20. The summed E-state index contributed by atoms with van der Waals surface area (Å²) in [5, 5.41) is 8.38. The molecule has 0 saturated carbocycles. The van der Waals surface area contributed by atoms with Gasteiger partial charge in [0.25, 0.3) is 0 Å². The summed E-state index contributed by atoms with van der Waals surface area (Å²) in [7, 11) is 0. The highest BCUT2D eigenvalue weighted by atomic mass is 16.1. The maximum atomic E-state index is 10.6. The number of ketones is 1. The van der Waals surface area contributed by atoms with E-state index < -0.39 is 0 Å². The molecule has 0 aliphatic carbocycles. The van der Waals surface area contributed by atoms with E-state index in [1.165, 1.54) is 4.90 Å². The van der Waals surface area contributed by atoms with E-state index in [0.717, 1.165) is 0 Å². The molecule has 1 fully saturated rings. The van der Waals surface area contributed by atoms with Crippen molar-refractivity contribution in [1.82, 2.24) is 4.90 Å². The molecular formula is C6H8N2O. The van der Waals surface area contributed by atoms with Gasteiger partial charge in [0.1, 0.15) is 0 Å². The number of carbonyl (C=O) groups is 1. The molecule has 0 spiro atoms. The number of Topliss-reactive ketones (excluding diaryl/α,β-unsaturated/α-hetero) is 1. The molecule has 0 radical (unpaired) electrons. The van der Waals surface area contributed by atoms with Crippen LogP contribution in [0.1, 0.15) is 13.3 Å². The van der Waals surface area contributed by atoms with Crippen LogP contribution in [-0.4, -0.2) is 23.3 Å². The van der Waals surface area contributed by atoms with E-state index in [1.54, 1.807) is 0 Å². The number of carbonyl (C=O) groups excluding carboxylic acids is 1. The number of rotatable bonds is 0. The lowest BCUT2D eigenvalue weighted by molar-refractivity contribution is -0.116. The molecule has 0 aromatic rings. The third-order valence-corrected chi connectivity index (χ3v) is 1.53. The van der Waals surface area contributed by atoms with Gasteiger partial charge < -0.3 is 4.90 Å². The summed E-state index contributed by atoms with van der Waals surface area (Å²) in [5.74, 6) is 0.170. The predicted octanol–water partition coefficient (Wildman–Crippen LogP) is 0.131. The van der Waals surface area contributed by atoms with Gasteiger partial charge in [-0.15, -0.1) is 0 Å². The molecule has 0 aromatic carbocycles. The highest BCUT2D eigenvalue weighted by Gasteiger charge is 2.25. The monoisotopic (exact) mass is 124 g/mol. The van der Waals surface area contributed by atoms with Crippen LogP contribution in [0.15, 0.2) is 0 Å². The number of hydrogen-bond acceptors (Lipinski definition) is 3. The Balaban J connectivity index is 2.60. The zero-order valence-corrected chi connectivity index (χ0v) is 5.29. The van der Waals surface area contributed by atoms with Crippen molar-refractivity contribution in [2.75, 3.05) is 6.54 Å². The minimum absolute atomic E-state index is 0.127. The molecule has 9 heavy (non-hydrogen) atoms. The van der Waals surface area contributed by atoms with Crippen LogP contribution in [0.4, 0.5) is 0 Å². The second-order valence-corrected chi connectivity index (χ2v) is 2.32. The summed E-state index contributed by atoms with van der Waals surface area (Å²) < 4.78 is 0. The molecule has 1 saturated heterocycles. The molecule has 1 heterocycles. The van der Waals surface area contributed by atoms with E-state index in [-0.39, 0.29) is 11.8 Å². The van der Waals surface area contributed by atoms with Gasteiger partial charge in [0.15, 0.2) is 12.0 Å². The smallest absolute Gasteiger partial charge is 0.180 e. The molecule has 1 rings (SSSR count). The van der Waals surface area contributed by atoms with Crippen LogP contribution in [0.5, 0.6) is 0 Å². The number of nitrogens with zero attached hydrogens (tertiary/aromatic N) is 2. The molecule has 1 unspecified atom stereocenters. The van der Waals surface area contributed by atoms with Crippen LogP contribution in [0.2, 0.25) is 0 Å². The zero-order valence-electron chi connectivity index (χ0n) is 5.29. The lowest BCUT2D eigenvalue weighted by Crippen LogP contribution is -2.20. The molecule has 48 valence electrons. The topological polar surface area (TPSA) is 44.1 Å². The van der Waals surface area contributed by atoms with Gasteiger partial charge in [0.2, 0.25) is 0 Å². The highest BCUT2D eigenvalue weighted by Crippen LogP contribution is 2.10. The second-order valence-electron chi connectivity index (χ2n) is 2.32. The van der Waals surface area contributed by atoms with Gasteiger partial charge in [0.05, 0.1) is 6.54 Å². The Morgan fingerprint density at radius 2 is 2.56 bits per heavy atom. The van der Waals surface area contributed by atoms with Crippen molar-refractivity contribution in [3.8, 4) is 6.19 Å². The Kier molecular flexibility index (Phi) is 1.39. The fourth-order valence-corrected chi connectivity index (χ4v) is 0.984. The minimum Gasteiger partial charge on any atom is -0.300 e. The van der Waals surface area contributed by atoms with E-state index in [4.69, 9.17) is 5.26 Å². The van der Waals surface area contributed by atoms with Gasteiger partial charge in [0, 0.05) is 12.5 Å². The predicted molar refractivity (Wildman–Crippen MR) is 31.4 cm³/mol. The number of nitriles is 1.